The van der Waals surface area contributed by atoms with Crippen LogP contribution in [0.25, 0.3) is 0 Å². The quantitative estimate of drug-likeness (QED) is 0.810. The van der Waals surface area contributed by atoms with E-state index in [2.05, 4.69) is 10.9 Å². The van der Waals surface area contributed by atoms with Gasteiger partial charge in [-0.15, -0.1) is 0 Å². The summed E-state index contributed by atoms with van der Waals surface area (Å²) >= 11 is 0. The summed E-state index contributed by atoms with van der Waals surface area (Å²) in [6.07, 6.45) is 0.242. The summed E-state index contributed by atoms with van der Waals surface area (Å²) in [6, 6.07) is 2.58. The highest BCUT2D eigenvalue weighted by Gasteiger charge is 2.13. The van der Waals surface area contributed by atoms with Crippen molar-refractivity contribution >= 4 is 11.8 Å². The molecule has 0 aromatic heterocycles. The maximum absolute atomic E-state index is 13.2. The van der Waals surface area contributed by atoms with Crippen LogP contribution in [-0.4, -0.2) is 11.8 Å². The molecule has 1 rings (SSSR count). The van der Waals surface area contributed by atoms with E-state index in [9.17, 15) is 18.4 Å². The van der Waals surface area contributed by atoms with E-state index in [1.165, 1.54) is 0 Å². The van der Waals surface area contributed by atoms with Crippen molar-refractivity contribution in [3.63, 3.8) is 0 Å². The van der Waals surface area contributed by atoms with E-state index >= 15 is 0 Å². The third-order valence-corrected chi connectivity index (χ3v) is 2.08. The second kappa shape index (κ2) is 6.09. The van der Waals surface area contributed by atoms with Crippen LogP contribution in [0.4, 0.5) is 8.78 Å². The summed E-state index contributed by atoms with van der Waals surface area (Å²) in [7, 11) is 0. The Labute approximate surface area is 103 Å². The number of carbonyl (C=O) groups excluding carboxylic acids is 2. The minimum absolute atomic E-state index is 0.143. The Morgan fingerprint density at radius 1 is 1.22 bits per heavy atom. The number of benzene rings is 1. The number of nitrogens with one attached hydrogen (secondary N) is 2. The van der Waals surface area contributed by atoms with Crippen LogP contribution in [0.2, 0.25) is 0 Å². The Hall–Kier alpha value is -1.98. The van der Waals surface area contributed by atoms with Crippen LogP contribution in [0, 0.1) is 17.6 Å². The summed E-state index contributed by atoms with van der Waals surface area (Å²) in [6.45, 7) is 3.70. The van der Waals surface area contributed by atoms with Crippen LogP contribution in [0.15, 0.2) is 18.2 Å². The van der Waals surface area contributed by atoms with Gasteiger partial charge in [0.15, 0.2) is 0 Å². The van der Waals surface area contributed by atoms with E-state index in [-0.39, 0.29) is 23.8 Å². The van der Waals surface area contributed by atoms with Crippen molar-refractivity contribution in [1.82, 2.24) is 10.9 Å². The molecule has 4 nitrogen and oxygen atoms in total. The van der Waals surface area contributed by atoms with Crippen LogP contribution >= 0.6 is 0 Å². The number of halogens is 2. The van der Waals surface area contributed by atoms with Gasteiger partial charge >= 0.3 is 0 Å². The molecule has 0 aliphatic rings. The summed E-state index contributed by atoms with van der Waals surface area (Å²) in [5.74, 6) is -2.81. The van der Waals surface area contributed by atoms with E-state index in [4.69, 9.17) is 0 Å². The molecule has 0 aliphatic carbocycles. The molecule has 1 aromatic rings. The number of carbonyl (C=O) groups is 2. The van der Waals surface area contributed by atoms with Gasteiger partial charge < -0.3 is 0 Å². The minimum atomic E-state index is -0.981. The summed E-state index contributed by atoms with van der Waals surface area (Å²) in [5.41, 5.74) is 3.89. The van der Waals surface area contributed by atoms with Gasteiger partial charge in [-0.1, -0.05) is 13.8 Å². The third kappa shape index (κ3) is 4.12. The first kappa shape index (κ1) is 14.1. The van der Waals surface area contributed by atoms with Gasteiger partial charge in [0.05, 0.1) is 5.56 Å². The molecule has 0 fully saturated rings. The number of amides is 2. The second-order valence-corrected chi connectivity index (χ2v) is 4.22. The van der Waals surface area contributed by atoms with E-state index in [1.807, 2.05) is 13.8 Å². The van der Waals surface area contributed by atoms with Crippen molar-refractivity contribution in [2.24, 2.45) is 5.92 Å². The molecule has 6 heteroatoms. The average Bonchev–Trinajstić information content (AvgIpc) is 2.25. The van der Waals surface area contributed by atoms with Crippen molar-refractivity contribution in [3.05, 3.63) is 35.4 Å². The molecule has 0 radical (unpaired) electrons. The van der Waals surface area contributed by atoms with E-state index in [1.54, 1.807) is 0 Å². The topological polar surface area (TPSA) is 58.2 Å². The van der Waals surface area contributed by atoms with Crippen LogP contribution in [-0.2, 0) is 4.79 Å². The predicted molar refractivity (Wildman–Crippen MR) is 61.4 cm³/mol. The first-order chi connectivity index (χ1) is 8.40. The van der Waals surface area contributed by atoms with Crippen molar-refractivity contribution in [2.45, 2.75) is 20.3 Å². The molecule has 0 unspecified atom stereocenters. The van der Waals surface area contributed by atoms with Gasteiger partial charge in [0.25, 0.3) is 5.91 Å². The molecular formula is C12H14F2N2O2. The Morgan fingerprint density at radius 3 is 2.44 bits per heavy atom. The fourth-order valence-electron chi connectivity index (χ4n) is 1.29. The zero-order valence-electron chi connectivity index (χ0n) is 10.1. The SMILES string of the molecule is CC(C)CC(=O)NNC(=O)c1ccc(F)cc1F. The molecule has 0 atom stereocenters. The van der Waals surface area contributed by atoms with Gasteiger partial charge in [-0.3, -0.25) is 20.4 Å². The summed E-state index contributed by atoms with van der Waals surface area (Å²) in [4.78, 5) is 22.7. The van der Waals surface area contributed by atoms with Gasteiger partial charge in [0.2, 0.25) is 5.91 Å². The normalized spacial score (nSPS) is 10.3. The van der Waals surface area contributed by atoms with Crippen molar-refractivity contribution in [2.75, 3.05) is 0 Å². The summed E-state index contributed by atoms with van der Waals surface area (Å²) < 4.78 is 25.8. The molecule has 1 aromatic carbocycles. The largest absolute Gasteiger partial charge is 0.273 e. The molecule has 0 bridgehead atoms. The van der Waals surface area contributed by atoms with Crippen LogP contribution in [0.1, 0.15) is 30.6 Å². The Kier molecular flexibility index (Phi) is 4.76. The lowest BCUT2D eigenvalue weighted by Gasteiger charge is -2.09. The highest BCUT2D eigenvalue weighted by Crippen LogP contribution is 2.08. The van der Waals surface area contributed by atoms with E-state index < -0.39 is 17.5 Å². The molecular weight excluding hydrogens is 242 g/mol. The Morgan fingerprint density at radius 2 is 1.89 bits per heavy atom. The van der Waals surface area contributed by atoms with Crippen LogP contribution < -0.4 is 10.9 Å². The van der Waals surface area contributed by atoms with E-state index in [0.717, 1.165) is 12.1 Å². The van der Waals surface area contributed by atoms with Crippen molar-refractivity contribution < 1.29 is 18.4 Å². The second-order valence-electron chi connectivity index (χ2n) is 4.22. The maximum atomic E-state index is 13.2. The molecule has 0 saturated heterocycles. The number of rotatable bonds is 3. The lowest BCUT2D eigenvalue weighted by Crippen LogP contribution is -2.42. The highest BCUT2D eigenvalue weighted by molar-refractivity contribution is 5.95. The first-order valence-electron chi connectivity index (χ1n) is 5.44. The fraction of sp³-hybridized carbons (Fsp3) is 0.333. The van der Waals surface area contributed by atoms with Crippen LogP contribution in [0.5, 0.6) is 0 Å². The maximum Gasteiger partial charge on any atom is 0.272 e. The zero-order valence-corrected chi connectivity index (χ0v) is 10.1. The molecule has 98 valence electrons. The lowest BCUT2D eigenvalue weighted by molar-refractivity contribution is -0.122. The van der Waals surface area contributed by atoms with E-state index in [0.29, 0.717) is 6.07 Å². The molecule has 0 aliphatic heterocycles. The Bertz CT molecular complexity index is 461. The first-order valence-corrected chi connectivity index (χ1v) is 5.44. The molecule has 18 heavy (non-hydrogen) atoms. The molecule has 0 saturated carbocycles. The van der Waals surface area contributed by atoms with Gasteiger partial charge in [-0.25, -0.2) is 8.78 Å². The summed E-state index contributed by atoms with van der Waals surface area (Å²) in [5, 5.41) is 0. The van der Waals surface area contributed by atoms with Crippen molar-refractivity contribution in [1.29, 1.82) is 0 Å². The number of hydrazine groups is 1. The standard InChI is InChI=1S/C12H14F2N2O2/c1-7(2)5-11(17)15-16-12(18)9-4-3-8(13)6-10(9)14/h3-4,6-7H,5H2,1-2H3,(H,15,17)(H,16,18). The van der Waals surface area contributed by atoms with Crippen molar-refractivity contribution in [3.8, 4) is 0 Å². The molecule has 2 N–H and O–H groups in total. The van der Waals surface area contributed by atoms with Gasteiger partial charge in [0, 0.05) is 12.5 Å². The van der Waals surface area contributed by atoms with Gasteiger partial charge in [-0.2, -0.15) is 0 Å². The Balaban J connectivity index is 2.58. The van der Waals surface area contributed by atoms with Crippen LogP contribution in [0.3, 0.4) is 0 Å². The molecule has 2 amide bonds. The monoisotopic (exact) mass is 256 g/mol. The number of hydrogen-bond donors (Lipinski definition) is 2. The highest BCUT2D eigenvalue weighted by atomic mass is 19.1. The number of hydrogen-bond acceptors (Lipinski definition) is 2. The molecule has 0 spiro atoms. The minimum Gasteiger partial charge on any atom is -0.273 e. The lowest BCUT2D eigenvalue weighted by atomic mass is 10.1. The average molecular weight is 256 g/mol. The zero-order chi connectivity index (χ0) is 13.7. The molecule has 0 heterocycles. The van der Waals surface area contributed by atoms with Gasteiger partial charge in [-0.05, 0) is 18.1 Å². The third-order valence-electron chi connectivity index (χ3n) is 2.08. The predicted octanol–water partition coefficient (Wildman–Crippen LogP) is 1.77. The van der Waals surface area contributed by atoms with Gasteiger partial charge in [0.1, 0.15) is 11.6 Å². The fourth-order valence-corrected chi connectivity index (χ4v) is 1.29. The smallest absolute Gasteiger partial charge is 0.272 e.